The van der Waals surface area contributed by atoms with Crippen molar-refractivity contribution in [2.75, 3.05) is 6.54 Å². The van der Waals surface area contributed by atoms with Gasteiger partial charge in [-0.3, -0.25) is 4.98 Å². The summed E-state index contributed by atoms with van der Waals surface area (Å²) in [4.78, 5) is 4.26. The molecule has 0 aliphatic heterocycles. The minimum Gasteiger partial charge on any atom is -0.313 e. The van der Waals surface area contributed by atoms with Crippen molar-refractivity contribution in [2.45, 2.75) is 39.2 Å². The molecule has 1 N–H and O–H groups in total. The molecule has 3 heteroatoms. The Kier molecular flexibility index (Phi) is 6.40. The van der Waals surface area contributed by atoms with E-state index < -0.39 is 0 Å². The van der Waals surface area contributed by atoms with Gasteiger partial charge in [0.1, 0.15) is 0 Å². The predicted molar refractivity (Wildman–Crippen MR) is 92.6 cm³/mol. The van der Waals surface area contributed by atoms with Crippen molar-refractivity contribution in [1.82, 2.24) is 10.3 Å². The summed E-state index contributed by atoms with van der Waals surface area (Å²) in [5.74, 6) is 0. The summed E-state index contributed by atoms with van der Waals surface area (Å²) in [6.45, 7) is 5.41. The van der Waals surface area contributed by atoms with Crippen molar-refractivity contribution in [3.8, 4) is 0 Å². The number of rotatable bonds is 7. The lowest BCUT2D eigenvalue weighted by Crippen LogP contribution is -2.33. The zero-order valence-electron chi connectivity index (χ0n) is 12.8. The molecule has 112 valence electrons. The van der Waals surface area contributed by atoms with Crippen LogP contribution in [0.2, 0.25) is 0 Å². The molecule has 0 spiro atoms. The molecule has 2 aromatic rings. The zero-order chi connectivity index (χ0) is 15.1. The molecule has 0 aliphatic rings. The van der Waals surface area contributed by atoms with E-state index in [-0.39, 0.29) is 0 Å². The van der Waals surface area contributed by atoms with Gasteiger partial charge in [0.15, 0.2) is 0 Å². The lowest BCUT2D eigenvalue weighted by atomic mass is 9.98. The first-order valence-electron chi connectivity index (χ1n) is 7.55. The van der Waals surface area contributed by atoms with Gasteiger partial charge in [0.2, 0.25) is 0 Å². The molecule has 0 saturated heterocycles. The molecule has 0 fully saturated rings. The van der Waals surface area contributed by atoms with Gasteiger partial charge >= 0.3 is 0 Å². The summed E-state index contributed by atoms with van der Waals surface area (Å²) in [6.07, 6.45) is 7.00. The third kappa shape index (κ3) is 5.60. The molecule has 1 atom stereocenters. The van der Waals surface area contributed by atoms with Crippen LogP contribution < -0.4 is 5.32 Å². The minimum absolute atomic E-state index is 0.447. The van der Waals surface area contributed by atoms with Gasteiger partial charge < -0.3 is 5.32 Å². The smallest absolute Gasteiger partial charge is 0.0410 e. The van der Waals surface area contributed by atoms with Crippen molar-refractivity contribution >= 4 is 15.9 Å². The number of hydrogen-bond donors (Lipinski definition) is 1. The van der Waals surface area contributed by atoms with Gasteiger partial charge in [-0.1, -0.05) is 36.8 Å². The lowest BCUT2D eigenvalue weighted by Gasteiger charge is -2.19. The van der Waals surface area contributed by atoms with Gasteiger partial charge in [-0.05, 0) is 65.9 Å². The third-order valence-corrected chi connectivity index (χ3v) is 3.92. The molecule has 1 aromatic heterocycles. The standard InChI is InChI=1S/C18H23BrN2/c1-3-7-21-18(10-15-6-4-5-14(2)8-15)11-16-9-17(19)13-20-12-16/h4-6,8-9,12-13,18,21H,3,7,10-11H2,1-2H3. The van der Waals surface area contributed by atoms with Crippen molar-refractivity contribution in [3.05, 3.63) is 63.9 Å². The summed E-state index contributed by atoms with van der Waals surface area (Å²) in [6, 6.07) is 11.4. The van der Waals surface area contributed by atoms with Gasteiger partial charge in [-0.25, -0.2) is 0 Å². The molecule has 1 unspecified atom stereocenters. The fourth-order valence-corrected chi connectivity index (χ4v) is 2.95. The molecule has 2 nitrogen and oxygen atoms in total. The van der Waals surface area contributed by atoms with E-state index in [1.807, 2.05) is 12.4 Å². The molecule has 1 aromatic carbocycles. The number of pyridine rings is 1. The second kappa shape index (κ2) is 8.30. The van der Waals surface area contributed by atoms with Crippen LogP contribution in [0.3, 0.4) is 0 Å². The van der Waals surface area contributed by atoms with Crippen LogP contribution in [-0.4, -0.2) is 17.6 Å². The number of benzene rings is 1. The first-order valence-corrected chi connectivity index (χ1v) is 8.35. The lowest BCUT2D eigenvalue weighted by molar-refractivity contribution is 0.504. The summed E-state index contributed by atoms with van der Waals surface area (Å²) < 4.78 is 1.05. The Hall–Kier alpha value is -1.19. The highest BCUT2D eigenvalue weighted by Crippen LogP contribution is 2.14. The number of hydrogen-bond acceptors (Lipinski definition) is 2. The average molecular weight is 347 g/mol. The normalized spacial score (nSPS) is 12.3. The number of aromatic nitrogens is 1. The second-order valence-electron chi connectivity index (χ2n) is 5.56. The van der Waals surface area contributed by atoms with E-state index in [4.69, 9.17) is 0 Å². The van der Waals surface area contributed by atoms with E-state index in [2.05, 4.69) is 70.4 Å². The number of nitrogens with one attached hydrogen (secondary N) is 1. The number of aryl methyl sites for hydroxylation is 1. The predicted octanol–water partition coefficient (Wildman–Crippen LogP) is 4.31. The number of nitrogens with zero attached hydrogens (tertiary/aromatic N) is 1. The van der Waals surface area contributed by atoms with Crippen LogP contribution in [0.1, 0.15) is 30.0 Å². The molecule has 1 heterocycles. The maximum Gasteiger partial charge on any atom is 0.0410 e. The second-order valence-corrected chi connectivity index (χ2v) is 6.48. The van der Waals surface area contributed by atoms with Gasteiger partial charge in [0.25, 0.3) is 0 Å². The molecule has 0 radical (unpaired) electrons. The van der Waals surface area contributed by atoms with E-state index >= 15 is 0 Å². The molecular formula is C18H23BrN2. The van der Waals surface area contributed by atoms with E-state index in [9.17, 15) is 0 Å². The van der Waals surface area contributed by atoms with Crippen LogP contribution >= 0.6 is 15.9 Å². The van der Waals surface area contributed by atoms with Crippen molar-refractivity contribution < 1.29 is 0 Å². The van der Waals surface area contributed by atoms with Crippen LogP contribution in [0.25, 0.3) is 0 Å². The molecular weight excluding hydrogens is 324 g/mol. The SMILES string of the molecule is CCCNC(Cc1cccc(C)c1)Cc1cncc(Br)c1. The Morgan fingerprint density at radius 2 is 1.95 bits per heavy atom. The fraction of sp³-hybridized carbons (Fsp3) is 0.389. The van der Waals surface area contributed by atoms with Crippen LogP contribution in [0.15, 0.2) is 47.2 Å². The maximum atomic E-state index is 4.26. The van der Waals surface area contributed by atoms with E-state index in [1.165, 1.54) is 16.7 Å². The summed E-state index contributed by atoms with van der Waals surface area (Å²) >= 11 is 3.50. The van der Waals surface area contributed by atoms with Gasteiger partial charge in [-0.2, -0.15) is 0 Å². The summed E-state index contributed by atoms with van der Waals surface area (Å²) in [5.41, 5.74) is 3.99. The van der Waals surface area contributed by atoms with Crippen LogP contribution in [0, 0.1) is 6.92 Å². The molecule has 0 saturated carbocycles. The van der Waals surface area contributed by atoms with Crippen molar-refractivity contribution in [1.29, 1.82) is 0 Å². The highest BCUT2D eigenvalue weighted by atomic mass is 79.9. The van der Waals surface area contributed by atoms with E-state index in [1.54, 1.807) is 0 Å². The van der Waals surface area contributed by atoms with Gasteiger partial charge in [-0.15, -0.1) is 0 Å². The maximum absolute atomic E-state index is 4.26. The highest BCUT2D eigenvalue weighted by Gasteiger charge is 2.10. The van der Waals surface area contributed by atoms with Crippen molar-refractivity contribution in [3.63, 3.8) is 0 Å². The Morgan fingerprint density at radius 1 is 1.14 bits per heavy atom. The van der Waals surface area contributed by atoms with E-state index in [0.29, 0.717) is 6.04 Å². The topological polar surface area (TPSA) is 24.9 Å². The quantitative estimate of drug-likeness (QED) is 0.808. The highest BCUT2D eigenvalue weighted by molar-refractivity contribution is 9.10. The monoisotopic (exact) mass is 346 g/mol. The van der Waals surface area contributed by atoms with Crippen LogP contribution in [-0.2, 0) is 12.8 Å². The molecule has 0 aliphatic carbocycles. The van der Waals surface area contributed by atoms with Crippen LogP contribution in [0.5, 0.6) is 0 Å². The van der Waals surface area contributed by atoms with Crippen molar-refractivity contribution in [2.24, 2.45) is 0 Å². The Morgan fingerprint density at radius 3 is 2.67 bits per heavy atom. The molecule has 0 amide bonds. The molecule has 2 rings (SSSR count). The van der Waals surface area contributed by atoms with E-state index in [0.717, 1.165) is 30.3 Å². The van der Waals surface area contributed by atoms with Gasteiger partial charge in [0, 0.05) is 22.9 Å². The fourth-order valence-electron chi connectivity index (χ4n) is 2.54. The van der Waals surface area contributed by atoms with Gasteiger partial charge in [0.05, 0.1) is 0 Å². The zero-order valence-corrected chi connectivity index (χ0v) is 14.4. The Labute approximate surface area is 136 Å². The number of halogens is 1. The van der Waals surface area contributed by atoms with Crippen LogP contribution in [0.4, 0.5) is 0 Å². The largest absolute Gasteiger partial charge is 0.313 e. The summed E-state index contributed by atoms with van der Waals surface area (Å²) in [5, 5.41) is 3.66. The summed E-state index contributed by atoms with van der Waals surface area (Å²) in [7, 11) is 0. The Bertz CT molecular complexity index is 521. The molecule has 0 bridgehead atoms. The minimum atomic E-state index is 0.447. The third-order valence-electron chi connectivity index (χ3n) is 3.49. The molecule has 21 heavy (non-hydrogen) atoms. The Balaban J connectivity index is 2.06. The average Bonchev–Trinajstić information content (AvgIpc) is 2.45. The first-order chi connectivity index (χ1) is 10.2. The first kappa shape index (κ1) is 16.2.